The van der Waals surface area contributed by atoms with Gasteiger partial charge in [0.2, 0.25) is 0 Å². The minimum absolute atomic E-state index is 0.668. The number of nitrogen functional groups attached to an aromatic ring is 1. The molecule has 2 rings (SSSR count). The number of halogens is 1. The van der Waals surface area contributed by atoms with Crippen LogP contribution in [0.25, 0.3) is 0 Å². The second-order valence-electron chi connectivity index (χ2n) is 3.44. The van der Waals surface area contributed by atoms with E-state index in [0.29, 0.717) is 6.54 Å². The molecule has 1 aromatic carbocycles. The van der Waals surface area contributed by atoms with Crippen molar-refractivity contribution < 1.29 is 0 Å². The van der Waals surface area contributed by atoms with Crippen molar-refractivity contribution in [2.24, 2.45) is 0 Å². The Labute approximate surface area is 103 Å². The highest BCUT2D eigenvalue weighted by Gasteiger charge is 1.96. The van der Waals surface area contributed by atoms with Crippen LogP contribution in [-0.4, -0.2) is 4.98 Å². The second-order valence-corrected chi connectivity index (χ2v) is 4.36. The van der Waals surface area contributed by atoms with Crippen molar-refractivity contribution in [2.75, 3.05) is 11.1 Å². The van der Waals surface area contributed by atoms with Crippen LogP contribution in [0.2, 0.25) is 0 Å². The van der Waals surface area contributed by atoms with Crippen molar-refractivity contribution in [1.29, 1.82) is 0 Å². The molecule has 4 heteroatoms. The predicted molar refractivity (Wildman–Crippen MR) is 70.1 cm³/mol. The van der Waals surface area contributed by atoms with Gasteiger partial charge in [0, 0.05) is 22.0 Å². The molecule has 1 heterocycles. The molecule has 0 unspecified atom stereocenters. The maximum atomic E-state index is 5.68. The van der Waals surface area contributed by atoms with Crippen LogP contribution in [0, 0.1) is 0 Å². The van der Waals surface area contributed by atoms with Gasteiger partial charge in [0.15, 0.2) is 0 Å². The monoisotopic (exact) mass is 277 g/mol. The number of rotatable bonds is 3. The molecule has 0 radical (unpaired) electrons. The van der Waals surface area contributed by atoms with Crippen molar-refractivity contribution in [3.8, 4) is 0 Å². The van der Waals surface area contributed by atoms with Crippen LogP contribution in [-0.2, 0) is 6.54 Å². The van der Waals surface area contributed by atoms with Gasteiger partial charge in [-0.1, -0.05) is 22.0 Å². The van der Waals surface area contributed by atoms with Crippen LogP contribution in [0.1, 0.15) is 5.69 Å². The van der Waals surface area contributed by atoms with Gasteiger partial charge in [-0.2, -0.15) is 0 Å². The van der Waals surface area contributed by atoms with Crippen molar-refractivity contribution in [3.63, 3.8) is 0 Å². The molecule has 16 heavy (non-hydrogen) atoms. The summed E-state index contributed by atoms with van der Waals surface area (Å²) in [4.78, 5) is 4.22. The fourth-order valence-electron chi connectivity index (χ4n) is 1.38. The summed E-state index contributed by atoms with van der Waals surface area (Å²) < 4.78 is 1.05. The Morgan fingerprint density at radius 3 is 2.88 bits per heavy atom. The lowest BCUT2D eigenvalue weighted by Gasteiger charge is -2.06. The predicted octanol–water partition coefficient (Wildman–Crippen LogP) is 3.04. The van der Waals surface area contributed by atoms with Crippen LogP contribution in [0.5, 0.6) is 0 Å². The minimum Gasteiger partial charge on any atom is -0.399 e. The maximum absolute atomic E-state index is 5.68. The highest BCUT2D eigenvalue weighted by molar-refractivity contribution is 9.10. The number of hydrogen-bond acceptors (Lipinski definition) is 3. The van der Waals surface area contributed by atoms with Crippen LogP contribution in [0.15, 0.2) is 47.1 Å². The summed E-state index contributed by atoms with van der Waals surface area (Å²) in [6.45, 7) is 0.668. The van der Waals surface area contributed by atoms with E-state index in [4.69, 9.17) is 5.73 Å². The molecule has 0 spiro atoms. The average Bonchev–Trinajstić information content (AvgIpc) is 2.27. The number of pyridine rings is 1. The van der Waals surface area contributed by atoms with Gasteiger partial charge in [-0.3, -0.25) is 4.98 Å². The molecule has 0 amide bonds. The Morgan fingerprint density at radius 1 is 1.25 bits per heavy atom. The van der Waals surface area contributed by atoms with Gasteiger partial charge in [0.05, 0.1) is 12.2 Å². The van der Waals surface area contributed by atoms with E-state index in [9.17, 15) is 0 Å². The smallest absolute Gasteiger partial charge is 0.0615 e. The molecule has 0 aliphatic rings. The number of aromatic nitrogens is 1. The van der Waals surface area contributed by atoms with E-state index in [1.165, 1.54) is 0 Å². The third-order valence-electron chi connectivity index (χ3n) is 2.14. The SMILES string of the molecule is Nc1ccnc(CNc2cccc(Br)c2)c1. The summed E-state index contributed by atoms with van der Waals surface area (Å²) in [5, 5.41) is 3.28. The molecule has 0 aliphatic carbocycles. The summed E-state index contributed by atoms with van der Waals surface area (Å²) in [6.07, 6.45) is 1.72. The number of nitrogens with zero attached hydrogens (tertiary/aromatic N) is 1. The van der Waals surface area contributed by atoms with Gasteiger partial charge in [0.25, 0.3) is 0 Å². The summed E-state index contributed by atoms with van der Waals surface area (Å²) >= 11 is 3.42. The highest BCUT2D eigenvalue weighted by atomic mass is 79.9. The van der Waals surface area contributed by atoms with E-state index in [1.54, 1.807) is 12.3 Å². The second kappa shape index (κ2) is 4.99. The Balaban J connectivity index is 2.02. The molecule has 2 aromatic rings. The fourth-order valence-corrected chi connectivity index (χ4v) is 1.78. The topological polar surface area (TPSA) is 50.9 Å². The highest BCUT2D eigenvalue weighted by Crippen LogP contribution is 2.16. The van der Waals surface area contributed by atoms with Crippen LogP contribution in [0.4, 0.5) is 11.4 Å². The molecule has 0 saturated carbocycles. The largest absolute Gasteiger partial charge is 0.399 e. The number of nitrogens with two attached hydrogens (primary N) is 1. The van der Waals surface area contributed by atoms with Crippen LogP contribution < -0.4 is 11.1 Å². The first-order valence-electron chi connectivity index (χ1n) is 4.94. The van der Waals surface area contributed by atoms with Crippen molar-refractivity contribution in [3.05, 3.63) is 52.8 Å². The van der Waals surface area contributed by atoms with Crippen LogP contribution in [0.3, 0.4) is 0 Å². The van der Waals surface area contributed by atoms with E-state index in [2.05, 4.69) is 26.2 Å². The Morgan fingerprint density at radius 2 is 2.12 bits per heavy atom. The molecule has 3 nitrogen and oxygen atoms in total. The van der Waals surface area contributed by atoms with Gasteiger partial charge in [0.1, 0.15) is 0 Å². The maximum Gasteiger partial charge on any atom is 0.0615 e. The lowest BCUT2D eigenvalue weighted by molar-refractivity contribution is 1.05. The number of nitrogens with one attached hydrogen (secondary N) is 1. The quantitative estimate of drug-likeness (QED) is 0.907. The van der Waals surface area contributed by atoms with E-state index < -0.39 is 0 Å². The Hall–Kier alpha value is -1.55. The number of hydrogen-bond donors (Lipinski definition) is 2. The minimum atomic E-state index is 0.668. The van der Waals surface area contributed by atoms with Crippen molar-refractivity contribution >= 4 is 27.3 Å². The third-order valence-corrected chi connectivity index (χ3v) is 2.63. The molecule has 0 saturated heterocycles. The van der Waals surface area contributed by atoms with Gasteiger partial charge >= 0.3 is 0 Å². The summed E-state index contributed by atoms with van der Waals surface area (Å²) in [5.74, 6) is 0. The third kappa shape index (κ3) is 2.97. The first-order valence-corrected chi connectivity index (χ1v) is 5.73. The zero-order chi connectivity index (χ0) is 11.4. The van der Waals surface area contributed by atoms with Gasteiger partial charge in [-0.05, 0) is 30.3 Å². The molecular weight excluding hydrogens is 266 g/mol. The first kappa shape index (κ1) is 11.0. The first-order chi connectivity index (χ1) is 7.74. The van der Waals surface area contributed by atoms with E-state index in [0.717, 1.165) is 21.5 Å². The zero-order valence-corrected chi connectivity index (χ0v) is 10.2. The molecule has 0 bridgehead atoms. The van der Waals surface area contributed by atoms with Gasteiger partial charge in [-0.15, -0.1) is 0 Å². The molecule has 82 valence electrons. The number of benzene rings is 1. The fraction of sp³-hybridized carbons (Fsp3) is 0.0833. The summed E-state index contributed by atoms with van der Waals surface area (Å²) in [7, 11) is 0. The van der Waals surface area contributed by atoms with Crippen molar-refractivity contribution in [1.82, 2.24) is 4.98 Å². The van der Waals surface area contributed by atoms with Crippen LogP contribution >= 0.6 is 15.9 Å². The summed E-state index contributed by atoms with van der Waals surface area (Å²) in [5.41, 5.74) is 8.40. The van der Waals surface area contributed by atoms with E-state index in [1.807, 2.05) is 30.3 Å². The molecule has 3 N–H and O–H groups in total. The van der Waals surface area contributed by atoms with Crippen molar-refractivity contribution in [2.45, 2.75) is 6.54 Å². The van der Waals surface area contributed by atoms with E-state index >= 15 is 0 Å². The van der Waals surface area contributed by atoms with Gasteiger partial charge in [-0.25, -0.2) is 0 Å². The van der Waals surface area contributed by atoms with Gasteiger partial charge < -0.3 is 11.1 Å². The standard InChI is InChI=1S/C12H12BrN3/c13-9-2-1-3-11(6-9)16-8-12-7-10(14)4-5-15-12/h1-7,16H,8H2,(H2,14,15). The number of anilines is 2. The van der Waals surface area contributed by atoms with E-state index in [-0.39, 0.29) is 0 Å². The summed E-state index contributed by atoms with van der Waals surface area (Å²) in [6, 6.07) is 11.7. The molecule has 0 aliphatic heterocycles. The molecule has 0 atom stereocenters. The zero-order valence-electron chi connectivity index (χ0n) is 8.65. The Bertz CT molecular complexity index is 440. The lowest BCUT2D eigenvalue weighted by Crippen LogP contribution is -2.02. The average molecular weight is 278 g/mol. The molecular formula is C12H12BrN3. The Kier molecular flexibility index (Phi) is 3.41. The normalized spacial score (nSPS) is 10.1. The molecule has 1 aromatic heterocycles. The molecule has 0 fully saturated rings. The lowest BCUT2D eigenvalue weighted by atomic mass is 10.3.